The standard InChI is InChI=1S/C16H21N3O/c1-20-16-8-12(2-3-13(16)9-17)10-19-7-5-15-14(11-19)4-6-18-15/h2-3,8,14-15,18H,4-7,10-11H2,1H3. The van der Waals surface area contributed by atoms with Crippen LogP contribution >= 0.6 is 0 Å². The Hall–Kier alpha value is -1.57. The zero-order chi connectivity index (χ0) is 13.9. The van der Waals surface area contributed by atoms with Crippen LogP contribution in [-0.4, -0.2) is 37.7 Å². The van der Waals surface area contributed by atoms with Gasteiger partial charge < -0.3 is 10.1 Å². The van der Waals surface area contributed by atoms with E-state index in [1.54, 1.807) is 7.11 Å². The van der Waals surface area contributed by atoms with Crippen LogP contribution in [0.2, 0.25) is 0 Å². The van der Waals surface area contributed by atoms with Crippen LogP contribution < -0.4 is 10.1 Å². The summed E-state index contributed by atoms with van der Waals surface area (Å²) in [4.78, 5) is 2.52. The van der Waals surface area contributed by atoms with E-state index < -0.39 is 0 Å². The Morgan fingerprint density at radius 1 is 1.45 bits per heavy atom. The van der Waals surface area contributed by atoms with Gasteiger partial charge in [-0.2, -0.15) is 5.26 Å². The lowest BCUT2D eigenvalue weighted by atomic mass is 9.93. The van der Waals surface area contributed by atoms with E-state index in [-0.39, 0.29) is 0 Å². The Balaban J connectivity index is 1.67. The quantitative estimate of drug-likeness (QED) is 0.910. The molecule has 0 radical (unpaired) electrons. The summed E-state index contributed by atoms with van der Waals surface area (Å²) in [7, 11) is 1.62. The van der Waals surface area contributed by atoms with E-state index in [1.807, 2.05) is 18.2 Å². The average Bonchev–Trinajstić information content (AvgIpc) is 2.94. The van der Waals surface area contributed by atoms with E-state index in [0.717, 1.165) is 25.0 Å². The molecule has 3 rings (SSSR count). The SMILES string of the molecule is COc1cc(CN2CCC3NCCC3C2)ccc1C#N. The number of nitriles is 1. The molecule has 0 saturated carbocycles. The van der Waals surface area contributed by atoms with E-state index in [0.29, 0.717) is 11.3 Å². The lowest BCUT2D eigenvalue weighted by Gasteiger charge is -2.34. The van der Waals surface area contributed by atoms with Crippen molar-refractivity contribution < 1.29 is 4.74 Å². The number of likely N-dealkylation sites (tertiary alicyclic amines) is 1. The zero-order valence-corrected chi connectivity index (χ0v) is 11.9. The smallest absolute Gasteiger partial charge is 0.136 e. The van der Waals surface area contributed by atoms with Crippen LogP contribution in [0.15, 0.2) is 18.2 Å². The van der Waals surface area contributed by atoms with Crippen molar-refractivity contribution in [3.63, 3.8) is 0 Å². The van der Waals surface area contributed by atoms with E-state index in [4.69, 9.17) is 10.00 Å². The van der Waals surface area contributed by atoms with Crippen molar-refractivity contribution in [1.29, 1.82) is 5.26 Å². The second kappa shape index (κ2) is 5.82. The third kappa shape index (κ3) is 2.65. The first-order valence-corrected chi connectivity index (χ1v) is 7.33. The monoisotopic (exact) mass is 271 g/mol. The number of piperidine rings is 1. The zero-order valence-electron chi connectivity index (χ0n) is 11.9. The summed E-state index contributed by atoms with van der Waals surface area (Å²) >= 11 is 0. The van der Waals surface area contributed by atoms with Crippen LogP contribution in [0.25, 0.3) is 0 Å². The molecule has 1 aromatic carbocycles. The Morgan fingerprint density at radius 3 is 3.15 bits per heavy atom. The molecule has 4 nitrogen and oxygen atoms in total. The lowest BCUT2D eigenvalue weighted by Crippen LogP contribution is -2.43. The van der Waals surface area contributed by atoms with Gasteiger partial charge in [0.15, 0.2) is 0 Å². The number of hydrogen-bond donors (Lipinski definition) is 1. The maximum Gasteiger partial charge on any atom is 0.136 e. The Bertz CT molecular complexity index is 523. The number of methoxy groups -OCH3 is 1. The first-order chi connectivity index (χ1) is 9.80. The first-order valence-electron chi connectivity index (χ1n) is 7.33. The third-order valence-corrected chi connectivity index (χ3v) is 4.53. The predicted molar refractivity (Wildman–Crippen MR) is 77.5 cm³/mol. The van der Waals surface area contributed by atoms with Crippen molar-refractivity contribution in [2.24, 2.45) is 5.92 Å². The molecule has 0 aromatic heterocycles. The summed E-state index contributed by atoms with van der Waals surface area (Å²) < 4.78 is 5.28. The third-order valence-electron chi connectivity index (χ3n) is 4.53. The summed E-state index contributed by atoms with van der Waals surface area (Å²) in [6.45, 7) is 4.45. The molecule has 4 heteroatoms. The molecular formula is C16H21N3O. The highest BCUT2D eigenvalue weighted by Crippen LogP contribution is 2.26. The molecule has 1 N–H and O–H groups in total. The highest BCUT2D eigenvalue weighted by atomic mass is 16.5. The summed E-state index contributed by atoms with van der Waals surface area (Å²) in [6.07, 6.45) is 2.55. The van der Waals surface area contributed by atoms with Gasteiger partial charge in [-0.3, -0.25) is 4.90 Å². The van der Waals surface area contributed by atoms with Crippen LogP contribution in [0.4, 0.5) is 0 Å². The average molecular weight is 271 g/mol. The highest BCUT2D eigenvalue weighted by Gasteiger charge is 2.32. The van der Waals surface area contributed by atoms with Crippen LogP contribution in [0.1, 0.15) is 24.0 Å². The number of nitrogens with zero attached hydrogens (tertiary/aromatic N) is 2. The Morgan fingerprint density at radius 2 is 2.35 bits per heavy atom. The summed E-state index contributed by atoms with van der Waals surface area (Å²) in [5.74, 6) is 1.49. The number of rotatable bonds is 3. The van der Waals surface area contributed by atoms with E-state index in [9.17, 15) is 0 Å². The lowest BCUT2D eigenvalue weighted by molar-refractivity contribution is 0.156. The van der Waals surface area contributed by atoms with Crippen molar-refractivity contribution >= 4 is 0 Å². The van der Waals surface area contributed by atoms with E-state index in [1.165, 1.54) is 31.5 Å². The van der Waals surface area contributed by atoms with Gasteiger partial charge >= 0.3 is 0 Å². The van der Waals surface area contributed by atoms with Gasteiger partial charge in [0.05, 0.1) is 12.7 Å². The van der Waals surface area contributed by atoms with Gasteiger partial charge in [-0.15, -0.1) is 0 Å². The Labute approximate surface area is 120 Å². The van der Waals surface area contributed by atoms with Gasteiger partial charge in [0.1, 0.15) is 11.8 Å². The number of ether oxygens (including phenoxy) is 1. The number of benzene rings is 1. The molecule has 2 fully saturated rings. The molecule has 2 heterocycles. The molecule has 106 valence electrons. The Kier molecular flexibility index (Phi) is 3.90. The molecule has 0 aliphatic carbocycles. The maximum atomic E-state index is 9.02. The van der Waals surface area contributed by atoms with Crippen LogP contribution in [0.3, 0.4) is 0 Å². The summed E-state index contributed by atoms with van der Waals surface area (Å²) in [6, 6.07) is 8.80. The fourth-order valence-corrected chi connectivity index (χ4v) is 3.45. The fraction of sp³-hybridized carbons (Fsp3) is 0.562. The minimum atomic E-state index is 0.606. The van der Waals surface area contributed by atoms with Crippen molar-refractivity contribution in [1.82, 2.24) is 10.2 Å². The molecule has 0 amide bonds. The van der Waals surface area contributed by atoms with Crippen LogP contribution in [-0.2, 0) is 6.54 Å². The van der Waals surface area contributed by atoms with E-state index in [2.05, 4.69) is 16.3 Å². The van der Waals surface area contributed by atoms with Crippen molar-refractivity contribution in [3.8, 4) is 11.8 Å². The molecule has 2 saturated heterocycles. The second-order valence-corrected chi connectivity index (χ2v) is 5.78. The summed E-state index contributed by atoms with van der Waals surface area (Å²) in [5, 5.41) is 12.6. The van der Waals surface area contributed by atoms with E-state index >= 15 is 0 Å². The summed E-state index contributed by atoms with van der Waals surface area (Å²) in [5.41, 5.74) is 1.83. The van der Waals surface area contributed by atoms with Gasteiger partial charge in [-0.25, -0.2) is 0 Å². The number of fused-ring (bicyclic) bond motifs is 1. The number of nitrogens with one attached hydrogen (secondary N) is 1. The van der Waals surface area contributed by atoms with Crippen molar-refractivity contribution in [3.05, 3.63) is 29.3 Å². The minimum absolute atomic E-state index is 0.606. The maximum absolute atomic E-state index is 9.02. The largest absolute Gasteiger partial charge is 0.495 e. The molecule has 2 atom stereocenters. The van der Waals surface area contributed by atoms with Gasteiger partial charge in [-0.05, 0) is 49.5 Å². The van der Waals surface area contributed by atoms with Crippen molar-refractivity contribution in [2.45, 2.75) is 25.4 Å². The van der Waals surface area contributed by atoms with Gasteiger partial charge in [-0.1, -0.05) is 6.07 Å². The fourth-order valence-electron chi connectivity index (χ4n) is 3.45. The van der Waals surface area contributed by atoms with Crippen LogP contribution in [0.5, 0.6) is 5.75 Å². The molecule has 2 unspecified atom stereocenters. The van der Waals surface area contributed by atoms with Gasteiger partial charge in [0.25, 0.3) is 0 Å². The first kappa shape index (κ1) is 13.4. The molecule has 0 bridgehead atoms. The number of hydrogen-bond acceptors (Lipinski definition) is 4. The van der Waals surface area contributed by atoms with Crippen molar-refractivity contribution in [2.75, 3.05) is 26.7 Å². The topological polar surface area (TPSA) is 48.3 Å². The highest BCUT2D eigenvalue weighted by molar-refractivity contribution is 5.45. The second-order valence-electron chi connectivity index (χ2n) is 5.78. The van der Waals surface area contributed by atoms with Gasteiger partial charge in [0, 0.05) is 19.1 Å². The molecule has 20 heavy (non-hydrogen) atoms. The van der Waals surface area contributed by atoms with Crippen LogP contribution in [0, 0.1) is 17.2 Å². The molecule has 2 aliphatic heterocycles. The molecule has 1 aromatic rings. The normalized spacial score (nSPS) is 26.0. The van der Waals surface area contributed by atoms with Gasteiger partial charge in [0.2, 0.25) is 0 Å². The predicted octanol–water partition coefficient (Wildman–Crippen LogP) is 1.75. The minimum Gasteiger partial charge on any atom is -0.495 e. The molecule has 0 spiro atoms. The molecule has 2 aliphatic rings. The molecular weight excluding hydrogens is 250 g/mol.